The minimum absolute atomic E-state index is 0.0119. The van der Waals surface area contributed by atoms with E-state index in [0.717, 1.165) is 19.3 Å². The molecular weight excluding hydrogens is 264 g/mol. The van der Waals surface area contributed by atoms with Crippen molar-refractivity contribution >= 4 is 17.8 Å². The van der Waals surface area contributed by atoms with Gasteiger partial charge in [-0.05, 0) is 25.8 Å². The van der Waals surface area contributed by atoms with Crippen molar-refractivity contribution in [2.45, 2.75) is 32.1 Å². The number of piperidine rings is 1. The van der Waals surface area contributed by atoms with Gasteiger partial charge >= 0.3 is 11.9 Å². The molecular formula is C13H22N2O5. The predicted molar refractivity (Wildman–Crippen MR) is 71.0 cm³/mol. The Morgan fingerprint density at radius 3 is 2.25 bits per heavy atom. The molecule has 114 valence electrons. The number of carboxylic acid groups (broad SMARTS) is 2. The average Bonchev–Trinajstić information content (AvgIpc) is 2.42. The van der Waals surface area contributed by atoms with Gasteiger partial charge in [0, 0.05) is 19.5 Å². The van der Waals surface area contributed by atoms with Crippen molar-refractivity contribution in [3.05, 3.63) is 0 Å². The molecule has 4 N–H and O–H groups in total. The van der Waals surface area contributed by atoms with E-state index in [0.29, 0.717) is 19.5 Å². The van der Waals surface area contributed by atoms with Crippen LogP contribution in [0, 0.1) is 11.8 Å². The van der Waals surface area contributed by atoms with Crippen LogP contribution in [0.15, 0.2) is 0 Å². The molecule has 20 heavy (non-hydrogen) atoms. The average molecular weight is 286 g/mol. The Morgan fingerprint density at radius 1 is 1.05 bits per heavy atom. The fraction of sp³-hybridized carbons (Fsp3) is 0.769. The van der Waals surface area contributed by atoms with Crippen LogP contribution in [0.4, 0.5) is 0 Å². The molecule has 1 amide bonds. The highest BCUT2D eigenvalue weighted by Gasteiger charge is 2.39. The summed E-state index contributed by atoms with van der Waals surface area (Å²) in [6, 6.07) is 0. The van der Waals surface area contributed by atoms with E-state index in [4.69, 9.17) is 15.9 Å². The van der Waals surface area contributed by atoms with Gasteiger partial charge in [0.05, 0.1) is 11.8 Å². The van der Waals surface area contributed by atoms with E-state index >= 15 is 0 Å². The van der Waals surface area contributed by atoms with Crippen molar-refractivity contribution in [1.82, 2.24) is 4.90 Å². The van der Waals surface area contributed by atoms with E-state index in [2.05, 4.69) is 0 Å². The lowest BCUT2D eigenvalue weighted by Crippen LogP contribution is -2.48. The van der Waals surface area contributed by atoms with E-state index in [1.54, 1.807) is 0 Å². The highest BCUT2D eigenvalue weighted by Crippen LogP contribution is 2.25. The van der Waals surface area contributed by atoms with E-state index in [-0.39, 0.29) is 18.9 Å². The van der Waals surface area contributed by atoms with E-state index in [1.807, 2.05) is 0 Å². The van der Waals surface area contributed by atoms with Crippen LogP contribution in [0.1, 0.15) is 32.1 Å². The predicted octanol–water partition coefficient (Wildman–Crippen LogP) is 0.139. The first-order chi connectivity index (χ1) is 9.47. The normalized spacial score (nSPS) is 22.6. The van der Waals surface area contributed by atoms with Gasteiger partial charge in [-0.1, -0.05) is 6.42 Å². The largest absolute Gasteiger partial charge is 0.481 e. The lowest BCUT2D eigenvalue weighted by Gasteiger charge is -2.34. The minimum atomic E-state index is -1.15. The zero-order valence-corrected chi connectivity index (χ0v) is 11.5. The van der Waals surface area contributed by atoms with Crippen molar-refractivity contribution in [3.63, 3.8) is 0 Å². The fourth-order valence-electron chi connectivity index (χ4n) is 2.48. The molecule has 7 heteroatoms. The molecule has 1 heterocycles. The molecule has 1 saturated heterocycles. The van der Waals surface area contributed by atoms with Crippen LogP contribution in [0.25, 0.3) is 0 Å². The van der Waals surface area contributed by atoms with Crippen LogP contribution in [0.3, 0.4) is 0 Å². The maximum absolute atomic E-state index is 12.0. The summed E-state index contributed by atoms with van der Waals surface area (Å²) in [7, 11) is 0. The number of carbonyl (C=O) groups excluding carboxylic acids is 1. The molecule has 0 aliphatic carbocycles. The SMILES string of the molecule is NCCCCCC(=O)N1CCC(C(=O)O)C(C(=O)O)C1. The van der Waals surface area contributed by atoms with Gasteiger partial charge in [0.2, 0.25) is 5.91 Å². The first kappa shape index (κ1) is 16.4. The first-order valence-electron chi connectivity index (χ1n) is 6.90. The number of rotatable bonds is 7. The number of carbonyl (C=O) groups is 3. The Kier molecular flexibility index (Phi) is 6.44. The van der Waals surface area contributed by atoms with Gasteiger partial charge in [0.25, 0.3) is 0 Å². The van der Waals surface area contributed by atoms with Gasteiger partial charge < -0.3 is 20.8 Å². The molecule has 0 saturated carbocycles. The lowest BCUT2D eigenvalue weighted by molar-refractivity contribution is -0.159. The second-order valence-corrected chi connectivity index (χ2v) is 5.12. The number of nitrogens with zero attached hydrogens (tertiary/aromatic N) is 1. The quantitative estimate of drug-likeness (QED) is 0.572. The number of hydrogen-bond donors (Lipinski definition) is 3. The summed E-state index contributed by atoms with van der Waals surface area (Å²) in [5.41, 5.74) is 5.37. The summed E-state index contributed by atoms with van der Waals surface area (Å²) in [6.07, 6.45) is 3.03. The maximum Gasteiger partial charge on any atom is 0.309 e. The number of carboxylic acids is 2. The Balaban J connectivity index is 2.51. The zero-order chi connectivity index (χ0) is 15.1. The van der Waals surface area contributed by atoms with Crippen molar-refractivity contribution in [2.75, 3.05) is 19.6 Å². The molecule has 0 aromatic carbocycles. The Morgan fingerprint density at radius 2 is 1.70 bits per heavy atom. The second-order valence-electron chi connectivity index (χ2n) is 5.12. The van der Waals surface area contributed by atoms with Gasteiger partial charge in [-0.3, -0.25) is 14.4 Å². The monoisotopic (exact) mass is 286 g/mol. The summed E-state index contributed by atoms with van der Waals surface area (Å²) in [6.45, 7) is 0.901. The topological polar surface area (TPSA) is 121 Å². The van der Waals surface area contributed by atoms with Crippen LogP contribution in [0.5, 0.6) is 0 Å². The fourth-order valence-corrected chi connectivity index (χ4v) is 2.48. The summed E-state index contributed by atoms with van der Waals surface area (Å²) >= 11 is 0. The van der Waals surface area contributed by atoms with Crippen LogP contribution in [-0.2, 0) is 14.4 Å². The highest BCUT2D eigenvalue weighted by molar-refractivity contribution is 5.82. The van der Waals surface area contributed by atoms with E-state index in [1.165, 1.54) is 4.90 Å². The molecule has 2 unspecified atom stereocenters. The van der Waals surface area contributed by atoms with Gasteiger partial charge in [0.15, 0.2) is 0 Å². The third-order valence-corrected chi connectivity index (χ3v) is 3.69. The number of likely N-dealkylation sites (tertiary alicyclic amines) is 1. The number of nitrogens with two attached hydrogens (primary N) is 1. The van der Waals surface area contributed by atoms with Gasteiger partial charge in [-0.15, -0.1) is 0 Å². The summed E-state index contributed by atoms with van der Waals surface area (Å²) in [4.78, 5) is 35.6. The summed E-state index contributed by atoms with van der Waals surface area (Å²) < 4.78 is 0. The molecule has 0 radical (unpaired) electrons. The first-order valence-corrected chi connectivity index (χ1v) is 6.90. The zero-order valence-electron chi connectivity index (χ0n) is 11.5. The third-order valence-electron chi connectivity index (χ3n) is 3.69. The molecule has 0 aromatic heterocycles. The number of amides is 1. The minimum Gasteiger partial charge on any atom is -0.481 e. The highest BCUT2D eigenvalue weighted by atomic mass is 16.4. The molecule has 0 bridgehead atoms. The van der Waals surface area contributed by atoms with E-state index in [9.17, 15) is 14.4 Å². The molecule has 1 aliphatic heterocycles. The summed E-state index contributed by atoms with van der Waals surface area (Å²) in [5.74, 6) is -4.29. The lowest BCUT2D eigenvalue weighted by atomic mass is 9.85. The van der Waals surface area contributed by atoms with Crippen molar-refractivity contribution in [1.29, 1.82) is 0 Å². The standard InChI is InChI=1S/C13H22N2O5/c14-6-3-1-2-4-11(16)15-7-5-9(12(17)18)10(8-15)13(19)20/h9-10H,1-8,14H2,(H,17,18)(H,19,20). The second kappa shape index (κ2) is 7.84. The number of aliphatic carboxylic acids is 2. The van der Waals surface area contributed by atoms with Gasteiger partial charge in [-0.25, -0.2) is 0 Å². The molecule has 1 fully saturated rings. The number of hydrogen-bond acceptors (Lipinski definition) is 4. The van der Waals surface area contributed by atoms with Crippen LogP contribution in [0.2, 0.25) is 0 Å². The van der Waals surface area contributed by atoms with Crippen LogP contribution < -0.4 is 5.73 Å². The van der Waals surface area contributed by atoms with E-state index < -0.39 is 23.8 Å². The molecule has 0 spiro atoms. The molecule has 1 aliphatic rings. The molecule has 7 nitrogen and oxygen atoms in total. The van der Waals surface area contributed by atoms with Gasteiger partial charge in [0.1, 0.15) is 0 Å². The van der Waals surface area contributed by atoms with Crippen molar-refractivity contribution in [2.24, 2.45) is 17.6 Å². The maximum atomic E-state index is 12.0. The van der Waals surface area contributed by atoms with Crippen molar-refractivity contribution < 1.29 is 24.6 Å². The Labute approximate surface area is 117 Å². The van der Waals surface area contributed by atoms with Crippen LogP contribution >= 0.6 is 0 Å². The van der Waals surface area contributed by atoms with Crippen LogP contribution in [-0.4, -0.2) is 52.6 Å². The smallest absolute Gasteiger partial charge is 0.309 e. The van der Waals surface area contributed by atoms with Crippen molar-refractivity contribution in [3.8, 4) is 0 Å². The Hall–Kier alpha value is -1.63. The number of unbranched alkanes of at least 4 members (excludes halogenated alkanes) is 2. The summed E-state index contributed by atoms with van der Waals surface area (Å²) in [5, 5.41) is 18.1. The third kappa shape index (κ3) is 4.48. The van der Waals surface area contributed by atoms with Gasteiger partial charge in [-0.2, -0.15) is 0 Å². The molecule has 2 atom stereocenters. The molecule has 1 rings (SSSR count). The Bertz CT molecular complexity index is 372. The molecule has 0 aromatic rings.